The van der Waals surface area contributed by atoms with Crippen molar-refractivity contribution in [1.82, 2.24) is 5.32 Å². The third kappa shape index (κ3) is 2.36. The highest BCUT2D eigenvalue weighted by atomic mass is 19.1. The molecule has 0 aliphatic carbocycles. The zero-order chi connectivity index (χ0) is 12.3. The molecule has 17 heavy (non-hydrogen) atoms. The fourth-order valence-electron chi connectivity index (χ4n) is 2.24. The minimum Gasteiger partial charge on any atom is -0.504 e. The molecule has 0 bridgehead atoms. The van der Waals surface area contributed by atoms with E-state index in [-0.39, 0.29) is 5.75 Å². The molecule has 1 heterocycles. The first kappa shape index (κ1) is 12.2. The molecule has 2 N–H and O–H groups in total. The van der Waals surface area contributed by atoms with Gasteiger partial charge in [-0.25, -0.2) is 4.39 Å². The van der Waals surface area contributed by atoms with E-state index in [1.165, 1.54) is 0 Å². The van der Waals surface area contributed by atoms with Crippen LogP contribution in [0, 0.1) is 0 Å². The molecule has 1 fully saturated rings. The number of para-hydroxylation sites is 2. The molecular formula is C13H18FNO2. The van der Waals surface area contributed by atoms with E-state index in [0.717, 1.165) is 6.54 Å². The molecular weight excluding hydrogens is 221 g/mol. The predicted molar refractivity (Wildman–Crippen MR) is 64.1 cm³/mol. The van der Waals surface area contributed by atoms with Crippen LogP contribution < -0.4 is 10.1 Å². The number of benzene rings is 1. The molecule has 0 radical (unpaired) electrons. The summed E-state index contributed by atoms with van der Waals surface area (Å²) in [5.74, 6) is 0.411. The highest BCUT2D eigenvalue weighted by molar-refractivity contribution is 5.38. The largest absolute Gasteiger partial charge is 0.504 e. The van der Waals surface area contributed by atoms with Crippen LogP contribution in [-0.4, -0.2) is 30.0 Å². The zero-order valence-corrected chi connectivity index (χ0v) is 9.95. The molecule has 3 nitrogen and oxygen atoms in total. The fraction of sp³-hybridized carbons (Fsp3) is 0.538. The van der Waals surface area contributed by atoms with E-state index in [4.69, 9.17) is 4.74 Å². The number of nitrogens with one attached hydrogen (secondary N) is 1. The van der Waals surface area contributed by atoms with Crippen molar-refractivity contribution in [3.63, 3.8) is 0 Å². The maximum Gasteiger partial charge on any atom is 0.161 e. The number of phenolic OH excluding ortho intramolecular Hbond substituents is 1. The van der Waals surface area contributed by atoms with Gasteiger partial charge in [-0.05, 0) is 25.1 Å². The summed E-state index contributed by atoms with van der Waals surface area (Å²) in [6.45, 7) is 3.03. The Morgan fingerprint density at radius 3 is 2.88 bits per heavy atom. The smallest absolute Gasteiger partial charge is 0.161 e. The molecule has 0 saturated carbocycles. The van der Waals surface area contributed by atoms with Crippen LogP contribution in [0.3, 0.4) is 0 Å². The van der Waals surface area contributed by atoms with Gasteiger partial charge in [-0.1, -0.05) is 19.1 Å². The monoisotopic (exact) mass is 239 g/mol. The quantitative estimate of drug-likeness (QED) is 0.846. The van der Waals surface area contributed by atoms with Gasteiger partial charge in [-0.3, -0.25) is 0 Å². The maximum absolute atomic E-state index is 14.1. The normalized spacial score (nSPS) is 25.8. The van der Waals surface area contributed by atoms with E-state index >= 15 is 0 Å². The van der Waals surface area contributed by atoms with E-state index in [9.17, 15) is 9.50 Å². The van der Waals surface area contributed by atoms with Crippen LogP contribution in [0.5, 0.6) is 11.5 Å². The molecule has 1 aliphatic heterocycles. The number of alkyl halides is 1. The Bertz CT molecular complexity index is 377. The predicted octanol–water partition coefficient (Wildman–Crippen LogP) is 2.25. The van der Waals surface area contributed by atoms with Crippen LogP contribution in [0.15, 0.2) is 24.3 Å². The molecule has 94 valence electrons. The van der Waals surface area contributed by atoms with Crippen molar-refractivity contribution in [3.8, 4) is 11.5 Å². The van der Waals surface area contributed by atoms with Crippen molar-refractivity contribution in [3.05, 3.63) is 24.3 Å². The number of rotatable bonds is 4. The minimum absolute atomic E-state index is 0.0575. The molecule has 1 aromatic rings. The van der Waals surface area contributed by atoms with Crippen molar-refractivity contribution in [2.75, 3.05) is 13.1 Å². The number of halogens is 1. The van der Waals surface area contributed by atoms with Gasteiger partial charge in [0, 0.05) is 13.0 Å². The average Bonchev–Trinajstić information content (AvgIpc) is 2.81. The summed E-state index contributed by atoms with van der Waals surface area (Å²) in [5.41, 5.74) is -0.840. The van der Waals surface area contributed by atoms with Crippen LogP contribution in [-0.2, 0) is 0 Å². The molecule has 1 aliphatic rings. The molecule has 0 aromatic heterocycles. The van der Waals surface area contributed by atoms with E-state index in [0.29, 0.717) is 25.1 Å². The summed E-state index contributed by atoms with van der Waals surface area (Å²) >= 11 is 0. The van der Waals surface area contributed by atoms with Gasteiger partial charge in [-0.15, -0.1) is 0 Å². The van der Waals surface area contributed by atoms with Crippen molar-refractivity contribution < 1.29 is 14.2 Å². The Balaban J connectivity index is 2.21. The van der Waals surface area contributed by atoms with Crippen molar-refractivity contribution in [2.24, 2.45) is 0 Å². The number of hydrogen-bond acceptors (Lipinski definition) is 3. The van der Waals surface area contributed by atoms with Crippen molar-refractivity contribution >= 4 is 0 Å². The molecule has 1 saturated heterocycles. The maximum atomic E-state index is 14.1. The second-order valence-electron chi connectivity index (χ2n) is 4.44. The SMILES string of the molecule is CCC(F)C1(Oc2ccccc2O)CCNC1. The Morgan fingerprint density at radius 2 is 2.29 bits per heavy atom. The molecule has 0 spiro atoms. The highest BCUT2D eigenvalue weighted by Gasteiger charge is 2.43. The summed E-state index contributed by atoms with van der Waals surface area (Å²) < 4.78 is 19.8. The standard InChI is InChI=1S/C13H18FNO2/c1-2-12(14)13(7-8-15-9-13)17-11-6-4-3-5-10(11)16/h3-6,12,15-16H,2,7-9H2,1H3. The topological polar surface area (TPSA) is 41.5 Å². The Labute approximate surface area is 101 Å². The lowest BCUT2D eigenvalue weighted by Gasteiger charge is -2.32. The summed E-state index contributed by atoms with van der Waals surface area (Å²) in [6.07, 6.45) is 0.00289. The van der Waals surface area contributed by atoms with Gasteiger partial charge in [0.2, 0.25) is 0 Å². The number of hydrogen-bond donors (Lipinski definition) is 2. The third-order valence-electron chi connectivity index (χ3n) is 3.26. The van der Waals surface area contributed by atoms with Crippen molar-refractivity contribution in [1.29, 1.82) is 0 Å². The lowest BCUT2D eigenvalue weighted by Crippen LogP contribution is -2.47. The second-order valence-corrected chi connectivity index (χ2v) is 4.44. The Hall–Kier alpha value is -1.29. The van der Waals surface area contributed by atoms with Gasteiger partial charge >= 0.3 is 0 Å². The zero-order valence-electron chi connectivity index (χ0n) is 9.95. The number of phenols is 1. The highest BCUT2D eigenvalue weighted by Crippen LogP contribution is 2.34. The van der Waals surface area contributed by atoms with Gasteiger partial charge in [0.1, 0.15) is 6.17 Å². The van der Waals surface area contributed by atoms with Gasteiger partial charge in [-0.2, -0.15) is 0 Å². The first-order valence-electron chi connectivity index (χ1n) is 6.00. The summed E-state index contributed by atoms with van der Waals surface area (Å²) in [4.78, 5) is 0. The van der Waals surface area contributed by atoms with E-state index in [2.05, 4.69) is 5.32 Å². The number of aromatic hydroxyl groups is 1. The van der Waals surface area contributed by atoms with Gasteiger partial charge < -0.3 is 15.2 Å². The lowest BCUT2D eigenvalue weighted by molar-refractivity contribution is 0.00208. The molecule has 2 rings (SSSR count). The number of ether oxygens (including phenoxy) is 1. The molecule has 4 heteroatoms. The fourth-order valence-corrected chi connectivity index (χ4v) is 2.24. The first-order chi connectivity index (χ1) is 8.18. The van der Waals surface area contributed by atoms with Crippen LogP contribution in [0.2, 0.25) is 0 Å². The van der Waals surface area contributed by atoms with E-state index < -0.39 is 11.8 Å². The molecule has 2 atom stereocenters. The minimum atomic E-state index is -1.03. The van der Waals surface area contributed by atoms with Crippen LogP contribution in [0.4, 0.5) is 4.39 Å². The summed E-state index contributed by atoms with van der Waals surface area (Å²) in [5, 5.41) is 12.8. The van der Waals surface area contributed by atoms with Crippen molar-refractivity contribution in [2.45, 2.75) is 31.5 Å². The molecule has 2 unspecified atom stereocenters. The molecule has 1 aromatic carbocycles. The third-order valence-corrected chi connectivity index (χ3v) is 3.26. The first-order valence-corrected chi connectivity index (χ1v) is 6.00. The summed E-state index contributed by atoms with van der Waals surface area (Å²) in [6, 6.07) is 6.70. The molecule has 0 amide bonds. The van der Waals surface area contributed by atoms with Gasteiger partial charge in [0.25, 0.3) is 0 Å². The van der Waals surface area contributed by atoms with E-state index in [1.807, 2.05) is 0 Å². The van der Waals surface area contributed by atoms with Crippen LogP contribution in [0.1, 0.15) is 19.8 Å². The Morgan fingerprint density at radius 1 is 1.53 bits per heavy atom. The van der Waals surface area contributed by atoms with Crippen LogP contribution in [0.25, 0.3) is 0 Å². The van der Waals surface area contributed by atoms with Crippen LogP contribution >= 0.6 is 0 Å². The summed E-state index contributed by atoms with van der Waals surface area (Å²) in [7, 11) is 0. The van der Waals surface area contributed by atoms with E-state index in [1.54, 1.807) is 31.2 Å². The Kier molecular flexibility index (Phi) is 3.52. The second kappa shape index (κ2) is 4.92. The average molecular weight is 239 g/mol. The lowest BCUT2D eigenvalue weighted by atomic mass is 9.94. The van der Waals surface area contributed by atoms with Gasteiger partial charge in [0.05, 0.1) is 0 Å². The van der Waals surface area contributed by atoms with Gasteiger partial charge in [0.15, 0.2) is 17.1 Å².